The summed E-state index contributed by atoms with van der Waals surface area (Å²) < 4.78 is 21.5. The first-order chi connectivity index (χ1) is 20.3. The predicted molar refractivity (Wildman–Crippen MR) is 167 cm³/mol. The van der Waals surface area contributed by atoms with E-state index in [0.29, 0.717) is 40.7 Å². The monoisotopic (exact) mass is 573 g/mol. The molecule has 0 bridgehead atoms. The number of aryl methyl sites for hydroxylation is 1. The highest BCUT2D eigenvalue weighted by molar-refractivity contribution is 5.99. The molecule has 0 radical (unpaired) electrons. The fraction of sp³-hybridized carbons (Fsp3) is 0.406. The van der Waals surface area contributed by atoms with Crippen LogP contribution in [0.1, 0.15) is 37.7 Å². The number of halogens is 1. The third-order valence-corrected chi connectivity index (χ3v) is 8.02. The molecule has 3 aromatic rings. The van der Waals surface area contributed by atoms with E-state index in [0.717, 1.165) is 63.1 Å². The lowest BCUT2D eigenvalue weighted by Crippen LogP contribution is -2.42. The van der Waals surface area contributed by atoms with Crippen molar-refractivity contribution >= 4 is 34.6 Å². The van der Waals surface area contributed by atoms with Crippen LogP contribution in [0.2, 0.25) is 0 Å². The maximum atomic E-state index is 15.2. The molecule has 0 aliphatic carbocycles. The topological polar surface area (TPSA) is 85.9 Å². The molecular weight excluding hydrogens is 533 g/mol. The number of nitrogens with one attached hydrogen (secondary N) is 2. The molecule has 2 aliphatic heterocycles. The number of rotatable bonds is 9. The van der Waals surface area contributed by atoms with Gasteiger partial charge in [-0.25, -0.2) is 4.98 Å². The summed E-state index contributed by atoms with van der Waals surface area (Å²) in [5.41, 5.74) is 2.94. The molecular formula is C32H40FN7O2. The van der Waals surface area contributed by atoms with Crippen molar-refractivity contribution in [3.63, 3.8) is 0 Å². The number of carbonyl (C=O) groups is 1. The van der Waals surface area contributed by atoms with E-state index in [2.05, 4.69) is 51.0 Å². The maximum absolute atomic E-state index is 15.2. The molecule has 4 heterocycles. The molecule has 0 spiro atoms. The minimum atomic E-state index is -0.501. The van der Waals surface area contributed by atoms with E-state index >= 15 is 4.39 Å². The minimum Gasteiger partial charge on any atom is -0.437 e. The molecule has 2 N–H and O–H groups in total. The van der Waals surface area contributed by atoms with Crippen molar-refractivity contribution in [2.24, 2.45) is 0 Å². The zero-order chi connectivity index (χ0) is 29.6. The van der Waals surface area contributed by atoms with Crippen LogP contribution in [0, 0.1) is 12.9 Å². The van der Waals surface area contributed by atoms with Gasteiger partial charge in [0.2, 0.25) is 17.7 Å². The largest absolute Gasteiger partial charge is 0.437 e. The highest BCUT2D eigenvalue weighted by Gasteiger charge is 2.23. The number of pyridine rings is 2. The molecule has 10 heteroatoms. The van der Waals surface area contributed by atoms with E-state index in [-0.39, 0.29) is 5.91 Å². The second kappa shape index (κ2) is 13.2. The molecule has 0 saturated carbocycles. The number of aromatic nitrogens is 2. The summed E-state index contributed by atoms with van der Waals surface area (Å²) in [6.45, 7) is 8.87. The van der Waals surface area contributed by atoms with Gasteiger partial charge in [-0.15, -0.1) is 0 Å². The SMILES string of the molecule is C=CC(=O)Nc1cc(Oc2nc(Nc3ccc(N4CCC(N(C)C)CC4)c(F)n3)ccc2N2CCCCC2)ccc1C. The van der Waals surface area contributed by atoms with Gasteiger partial charge in [0.15, 0.2) is 0 Å². The number of amides is 1. The van der Waals surface area contributed by atoms with Crippen molar-refractivity contribution in [3.05, 3.63) is 66.6 Å². The average Bonchev–Trinajstić information content (AvgIpc) is 2.99. The molecule has 0 atom stereocenters. The van der Waals surface area contributed by atoms with Gasteiger partial charge in [0.1, 0.15) is 23.1 Å². The Morgan fingerprint density at radius 2 is 1.64 bits per heavy atom. The van der Waals surface area contributed by atoms with Gasteiger partial charge in [-0.2, -0.15) is 9.37 Å². The van der Waals surface area contributed by atoms with Crippen LogP contribution in [0.4, 0.5) is 33.1 Å². The second-order valence-corrected chi connectivity index (χ2v) is 11.2. The van der Waals surface area contributed by atoms with Crippen LogP contribution in [-0.4, -0.2) is 67.1 Å². The highest BCUT2D eigenvalue weighted by atomic mass is 19.1. The number of nitrogens with zero attached hydrogens (tertiary/aromatic N) is 5. The lowest BCUT2D eigenvalue weighted by atomic mass is 10.0. The molecule has 0 unspecified atom stereocenters. The van der Waals surface area contributed by atoms with Gasteiger partial charge in [-0.05, 0) is 95.1 Å². The second-order valence-electron chi connectivity index (χ2n) is 11.2. The van der Waals surface area contributed by atoms with Gasteiger partial charge in [-0.3, -0.25) is 4.79 Å². The number of piperidine rings is 2. The van der Waals surface area contributed by atoms with E-state index in [1.165, 1.54) is 12.5 Å². The lowest BCUT2D eigenvalue weighted by molar-refractivity contribution is -0.111. The Balaban J connectivity index is 1.37. The molecule has 1 amide bonds. The molecule has 5 rings (SSSR count). The highest BCUT2D eigenvalue weighted by Crippen LogP contribution is 2.36. The molecule has 9 nitrogen and oxygen atoms in total. The van der Waals surface area contributed by atoms with Crippen LogP contribution in [0.5, 0.6) is 11.6 Å². The zero-order valence-corrected chi connectivity index (χ0v) is 24.7. The molecule has 42 heavy (non-hydrogen) atoms. The van der Waals surface area contributed by atoms with Gasteiger partial charge in [-0.1, -0.05) is 12.6 Å². The predicted octanol–water partition coefficient (Wildman–Crippen LogP) is 6.11. The quantitative estimate of drug-likeness (QED) is 0.235. The smallest absolute Gasteiger partial charge is 0.247 e. The van der Waals surface area contributed by atoms with Crippen LogP contribution in [0.15, 0.2) is 55.1 Å². The Morgan fingerprint density at radius 1 is 0.976 bits per heavy atom. The van der Waals surface area contributed by atoms with Crippen molar-refractivity contribution in [3.8, 4) is 11.6 Å². The Hall–Kier alpha value is -4.18. The summed E-state index contributed by atoms with van der Waals surface area (Å²) in [6, 6.07) is 13.4. The normalized spacial score (nSPS) is 15.9. The Bertz CT molecular complexity index is 1420. The van der Waals surface area contributed by atoms with Crippen molar-refractivity contribution in [1.29, 1.82) is 0 Å². The van der Waals surface area contributed by atoms with Crippen LogP contribution >= 0.6 is 0 Å². The summed E-state index contributed by atoms with van der Waals surface area (Å²) in [5.74, 6) is 1.02. The third-order valence-electron chi connectivity index (χ3n) is 8.02. The van der Waals surface area contributed by atoms with Crippen LogP contribution in [-0.2, 0) is 4.79 Å². The van der Waals surface area contributed by atoms with E-state index in [4.69, 9.17) is 9.72 Å². The summed E-state index contributed by atoms with van der Waals surface area (Å²) in [5, 5.41) is 5.97. The summed E-state index contributed by atoms with van der Waals surface area (Å²) in [4.78, 5) is 27.5. The molecule has 2 aromatic heterocycles. The third kappa shape index (κ3) is 6.99. The van der Waals surface area contributed by atoms with Crippen molar-refractivity contribution in [2.45, 2.75) is 45.1 Å². The standard InChI is InChI=1S/C32H40FN7O2/c1-5-30(41)34-25-21-24(10-9-22(25)2)42-32-27(39-17-7-6-8-18-39)12-14-29(37-32)35-28-13-11-26(31(33)36-28)40-19-15-23(16-20-40)38(3)4/h5,9-14,21,23H,1,6-8,15-20H2,2-4H3,(H,34,41)(H,35,36,37). The van der Waals surface area contributed by atoms with Gasteiger partial charge in [0.05, 0.1) is 5.69 Å². The van der Waals surface area contributed by atoms with Crippen molar-refractivity contribution < 1.29 is 13.9 Å². The molecule has 222 valence electrons. The summed E-state index contributed by atoms with van der Waals surface area (Å²) >= 11 is 0. The Kier molecular flexibility index (Phi) is 9.22. The van der Waals surface area contributed by atoms with E-state index in [1.54, 1.807) is 18.2 Å². The average molecular weight is 574 g/mol. The lowest BCUT2D eigenvalue weighted by Gasteiger charge is -2.36. The van der Waals surface area contributed by atoms with Gasteiger partial charge >= 0.3 is 0 Å². The fourth-order valence-corrected chi connectivity index (χ4v) is 5.53. The zero-order valence-electron chi connectivity index (χ0n) is 24.7. The number of carbonyl (C=O) groups excluding carboxylic acids is 1. The van der Waals surface area contributed by atoms with E-state index in [1.807, 2.05) is 31.2 Å². The number of ether oxygens (including phenoxy) is 1. The fourth-order valence-electron chi connectivity index (χ4n) is 5.53. The number of hydrogen-bond acceptors (Lipinski definition) is 8. The van der Waals surface area contributed by atoms with Gasteiger partial charge in [0.25, 0.3) is 0 Å². The first kappa shape index (κ1) is 29.3. The van der Waals surface area contributed by atoms with E-state index < -0.39 is 5.95 Å². The maximum Gasteiger partial charge on any atom is 0.247 e. The number of benzene rings is 1. The molecule has 2 aliphatic rings. The Labute approximate surface area is 247 Å². The van der Waals surface area contributed by atoms with Crippen LogP contribution in [0.3, 0.4) is 0 Å². The first-order valence-electron chi connectivity index (χ1n) is 14.6. The number of hydrogen-bond donors (Lipinski definition) is 2. The van der Waals surface area contributed by atoms with Gasteiger partial charge < -0.3 is 30.1 Å². The minimum absolute atomic E-state index is 0.294. The summed E-state index contributed by atoms with van der Waals surface area (Å²) in [7, 11) is 4.18. The first-order valence-corrected chi connectivity index (χ1v) is 14.6. The van der Waals surface area contributed by atoms with Crippen molar-refractivity contribution in [2.75, 3.05) is 60.7 Å². The van der Waals surface area contributed by atoms with Crippen molar-refractivity contribution in [1.82, 2.24) is 14.9 Å². The molecule has 2 saturated heterocycles. The molecule has 1 aromatic carbocycles. The number of anilines is 5. The summed E-state index contributed by atoms with van der Waals surface area (Å²) in [6.07, 6.45) is 6.62. The Morgan fingerprint density at radius 3 is 2.31 bits per heavy atom. The van der Waals surface area contributed by atoms with Crippen LogP contribution in [0.25, 0.3) is 0 Å². The molecule has 2 fully saturated rings. The van der Waals surface area contributed by atoms with Gasteiger partial charge in [0, 0.05) is 44.0 Å². The van der Waals surface area contributed by atoms with Crippen LogP contribution < -0.4 is 25.2 Å². The van der Waals surface area contributed by atoms with E-state index in [9.17, 15) is 4.79 Å².